The van der Waals surface area contributed by atoms with Crippen LogP contribution in [0, 0.1) is 0 Å². The Morgan fingerprint density at radius 3 is 2.35 bits per heavy atom. The maximum atomic E-state index is 13.4. The van der Waals surface area contributed by atoms with Crippen LogP contribution in [0.5, 0.6) is 0 Å². The Labute approximate surface area is 191 Å². The molecule has 0 unspecified atom stereocenters. The Morgan fingerprint density at radius 2 is 1.65 bits per heavy atom. The van der Waals surface area contributed by atoms with Gasteiger partial charge in [0.15, 0.2) is 0 Å². The number of amides is 1. The van der Waals surface area contributed by atoms with Crippen molar-refractivity contribution in [2.45, 2.75) is 30.8 Å². The molecule has 1 heterocycles. The average molecular weight is 499 g/mol. The summed E-state index contributed by atoms with van der Waals surface area (Å²) in [7, 11) is -3.85. The number of para-hydroxylation sites is 1. The molecule has 31 heavy (non-hydrogen) atoms. The van der Waals surface area contributed by atoms with Gasteiger partial charge in [-0.1, -0.05) is 64.5 Å². The Kier molecular flexibility index (Phi) is 6.27. The molecule has 0 N–H and O–H groups in total. The second-order valence-electron chi connectivity index (χ2n) is 7.66. The van der Waals surface area contributed by atoms with E-state index in [1.165, 1.54) is 4.31 Å². The lowest BCUT2D eigenvalue weighted by Crippen LogP contribution is -2.44. The molecule has 3 aromatic rings. The molecule has 0 aliphatic carbocycles. The van der Waals surface area contributed by atoms with Gasteiger partial charge < -0.3 is 4.90 Å². The van der Waals surface area contributed by atoms with E-state index in [2.05, 4.69) is 15.9 Å². The summed E-state index contributed by atoms with van der Waals surface area (Å²) in [6, 6.07) is 23.5. The largest absolute Gasteiger partial charge is 0.308 e. The maximum Gasteiger partial charge on any atom is 0.243 e. The molecular formula is C24H23BrN2O3S. The molecule has 1 amide bonds. The summed E-state index contributed by atoms with van der Waals surface area (Å²) in [5, 5.41) is 0. The van der Waals surface area contributed by atoms with Gasteiger partial charge in [-0.05, 0) is 54.8 Å². The summed E-state index contributed by atoms with van der Waals surface area (Å²) in [6.07, 6.45) is 0.764. The highest BCUT2D eigenvalue weighted by molar-refractivity contribution is 9.10. The lowest BCUT2D eigenvalue weighted by Gasteiger charge is -2.27. The van der Waals surface area contributed by atoms with Crippen molar-refractivity contribution < 1.29 is 13.2 Å². The lowest BCUT2D eigenvalue weighted by atomic mass is 10.1. The molecule has 7 heteroatoms. The van der Waals surface area contributed by atoms with Gasteiger partial charge in [0.2, 0.25) is 15.9 Å². The number of carbonyl (C=O) groups is 1. The minimum absolute atomic E-state index is 0.0149. The van der Waals surface area contributed by atoms with Crippen molar-refractivity contribution in [3.05, 3.63) is 94.5 Å². The lowest BCUT2D eigenvalue weighted by molar-refractivity contribution is -0.119. The summed E-state index contributed by atoms with van der Waals surface area (Å²) in [5.74, 6) is -0.228. The number of halogens is 1. The molecule has 1 atom stereocenters. The summed E-state index contributed by atoms with van der Waals surface area (Å²) in [4.78, 5) is 15.3. The van der Waals surface area contributed by atoms with Gasteiger partial charge in [-0.3, -0.25) is 4.79 Å². The van der Waals surface area contributed by atoms with E-state index in [0.29, 0.717) is 0 Å². The van der Waals surface area contributed by atoms with E-state index in [9.17, 15) is 13.2 Å². The molecule has 3 aromatic carbocycles. The number of benzene rings is 3. The van der Waals surface area contributed by atoms with Gasteiger partial charge in [-0.25, -0.2) is 8.42 Å². The minimum atomic E-state index is -3.85. The molecule has 1 aliphatic rings. The zero-order chi connectivity index (χ0) is 22.0. The predicted octanol–water partition coefficient (Wildman–Crippen LogP) is 4.62. The second-order valence-corrected chi connectivity index (χ2v) is 10.5. The van der Waals surface area contributed by atoms with E-state index in [-0.39, 0.29) is 29.9 Å². The minimum Gasteiger partial charge on any atom is -0.308 e. The molecule has 5 nitrogen and oxygen atoms in total. The summed E-state index contributed by atoms with van der Waals surface area (Å²) in [5.41, 5.74) is 2.78. The van der Waals surface area contributed by atoms with Gasteiger partial charge in [0.25, 0.3) is 0 Å². The normalized spacial score (nSPS) is 15.8. The third kappa shape index (κ3) is 4.59. The molecule has 0 bridgehead atoms. The molecular weight excluding hydrogens is 476 g/mol. The highest BCUT2D eigenvalue weighted by atomic mass is 79.9. The first-order valence-corrected chi connectivity index (χ1v) is 12.3. The van der Waals surface area contributed by atoms with Crippen LogP contribution in [0.25, 0.3) is 0 Å². The standard InChI is InChI=1S/C24H23BrN2O3S/c1-18-15-20-7-5-6-10-23(20)27(18)24(28)17-26(16-19-11-13-21(25)14-12-19)31(29,30)22-8-3-2-4-9-22/h2-14,18H,15-17H2,1H3/t18-/m0/s1. The average Bonchev–Trinajstić information content (AvgIpc) is 3.11. The zero-order valence-electron chi connectivity index (χ0n) is 17.1. The fraction of sp³-hybridized carbons (Fsp3) is 0.208. The van der Waals surface area contributed by atoms with Crippen molar-refractivity contribution in [3.8, 4) is 0 Å². The zero-order valence-corrected chi connectivity index (χ0v) is 19.5. The number of nitrogens with zero attached hydrogens (tertiary/aromatic N) is 2. The van der Waals surface area contributed by atoms with Crippen molar-refractivity contribution >= 4 is 37.5 Å². The molecule has 0 radical (unpaired) electrons. The first kappa shape index (κ1) is 21.7. The Morgan fingerprint density at radius 1 is 1.00 bits per heavy atom. The van der Waals surface area contributed by atoms with Crippen molar-refractivity contribution in [1.29, 1.82) is 0 Å². The van der Waals surface area contributed by atoms with Gasteiger partial charge in [0, 0.05) is 22.7 Å². The number of anilines is 1. The SMILES string of the molecule is C[C@H]1Cc2ccccc2N1C(=O)CN(Cc1ccc(Br)cc1)S(=O)(=O)c1ccccc1. The summed E-state index contributed by atoms with van der Waals surface area (Å²) in [6.45, 7) is 1.87. The summed E-state index contributed by atoms with van der Waals surface area (Å²) >= 11 is 3.40. The molecule has 0 saturated heterocycles. The van der Waals surface area contributed by atoms with Crippen molar-refractivity contribution in [3.63, 3.8) is 0 Å². The number of sulfonamides is 1. The second kappa shape index (κ2) is 8.94. The first-order valence-electron chi connectivity index (χ1n) is 10.1. The van der Waals surface area contributed by atoms with Crippen LogP contribution < -0.4 is 4.90 Å². The van der Waals surface area contributed by atoms with E-state index in [1.54, 1.807) is 35.2 Å². The Hall–Kier alpha value is -2.48. The summed E-state index contributed by atoms with van der Waals surface area (Å²) < 4.78 is 29.0. The van der Waals surface area contributed by atoms with E-state index < -0.39 is 10.0 Å². The molecule has 1 aliphatic heterocycles. The third-order valence-corrected chi connectivity index (χ3v) is 7.78. The van der Waals surface area contributed by atoms with Gasteiger partial charge in [0.1, 0.15) is 0 Å². The van der Waals surface area contributed by atoms with E-state index >= 15 is 0 Å². The van der Waals surface area contributed by atoms with Crippen LogP contribution in [0.3, 0.4) is 0 Å². The molecule has 0 saturated carbocycles. The Bertz CT molecular complexity index is 1180. The van der Waals surface area contributed by atoms with Crippen LogP contribution in [-0.4, -0.2) is 31.2 Å². The van der Waals surface area contributed by atoms with E-state index in [4.69, 9.17) is 0 Å². The van der Waals surface area contributed by atoms with Crippen molar-refractivity contribution in [1.82, 2.24) is 4.31 Å². The monoisotopic (exact) mass is 498 g/mol. The number of hydrogen-bond donors (Lipinski definition) is 0. The number of rotatable bonds is 6. The van der Waals surface area contributed by atoms with Crippen LogP contribution in [0.4, 0.5) is 5.69 Å². The highest BCUT2D eigenvalue weighted by Gasteiger charge is 2.34. The Balaban J connectivity index is 1.66. The molecule has 0 fully saturated rings. The van der Waals surface area contributed by atoms with Crippen LogP contribution >= 0.6 is 15.9 Å². The fourth-order valence-electron chi connectivity index (χ4n) is 3.93. The first-order chi connectivity index (χ1) is 14.9. The predicted molar refractivity (Wildman–Crippen MR) is 125 cm³/mol. The highest BCUT2D eigenvalue weighted by Crippen LogP contribution is 2.32. The van der Waals surface area contributed by atoms with Crippen LogP contribution in [0.1, 0.15) is 18.1 Å². The topological polar surface area (TPSA) is 57.7 Å². The molecule has 4 rings (SSSR count). The van der Waals surface area contributed by atoms with Crippen molar-refractivity contribution in [2.24, 2.45) is 0 Å². The van der Waals surface area contributed by atoms with Crippen LogP contribution in [-0.2, 0) is 27.8 Å². The van der Waals surface area contributed by atoms with E-state index in [1.807, 2.05) is 55.5 Å². The van der Waals surface area contributed by atoms with Crippen LogP contribution in [0.15, 0.2) is 88.2 Å². The third-order valence-electron chi connectivity index (χ3n) is 5.44. The van der Waals surface area contributed by atoms with E-state index in [0.717, 1.165) is 27.7 Å². The van der Waals surface area contributed by atoms with Crippen LogP contribution in [0.2, 0.25) is 0 Å². The van der Waals surface area contributed by atoms with Gasteiger partial charge in [-0.15, -0.1) is 0 Å². The number of carbonyl (C=O) groups excluding carboxylic acids is 1. The van der Waals surface area contributed by atoms with Gasteiger partial charge in [0.05, 0.1) is 11.4 Å². The van der Waals surface area contributed by atoms with Gasteiger partial charge >= 0.3 is 0 Å². The smallest absolute Gasteiger partial charge is 0.243 e. The quantitative estimate of drug-likeness (QED) is 0.498. The molecule has 160 valence electrons. The molecule has 0 spiro atoms. The van der Waals surface area contributed by atoms with Gasteiger partial charge in [-0.2, -0.15) is 4.31 Å². The number of fused-ring (bicyclic) bond motifs is 1. The molecule has 0 aromatic heterocycles. The maximum absolute atomic E-state index is 13.4. The fourth-order valence-corrected chi connectivity index (χ4v) is 5.60. The van der Waals surface area contributed by atoms with Crippen molar-refractivity contribution in [2.75, 3.05) is 11.4 Å². The number of hydrogen-bond acceptors (Lipinski definition) is 3.